The highest BCUT2D eigenvalue weighted by Gasteiger charge is 2.27. The maximum absolute atomic E-state index is 12.5. The number of hydrogen-bond acceptors (Lipinski definition) is 7. The Morgan fingerprint density at radius 2 is 1.93 bits per heavy atom. The predicted molar refractivity (Wildman–Crippen MR) is 105 cm³/mol. The lowest BCUT2D eigenvalue weighted by Crippen LogP contribution is -2.38. The first-order chi connectivity index (χ1) is 12.8. The van der Waals surface area contributed by atoms with Gasteiger partial charge in [0.2, 0.25) is 0 Å². The maximum Gasteiger partial charge on any atom is 0.294 e. The lowest BCUT2D eigenvalue weighted by atomic mass is 9.93. The molecule has 0 spiro atoms. The first-order valence-corrected chi connectivity index (χ1v) is 10.5. The molecule has 7 nitrogen and oxygen atoms in total. The van der Waals surface area contributed by atoms with Crippen molar-refractivity contribution in [1.82, 2.24) is 10.3 Å². The molecule has 1 amide bonds. The fourth-order valence-electron chi connectivity index (χ4n) is 2.74. The van der Waals surface area contributed by atoms with E-state index in [1.54, 1.807) is 0 Å². The van der Waals surface area contributed by atoms with E-state index in [1.807, 2.05) is 0 Å². The molecule has 27 heavy (non-hydrogen) atoms. The molecule has 1 saturated carbocycles. The van der Waals surface area contributed by atoms with Crippen molar-refractivity contribution in [2.75, 3.05) is 0 Å². The standard InChI is InChI=1S/C16H15Cl2N3O4S2/c17-10-6-19-7-11(18)14(10)27-16-12(21(24)25)5-13(26-16)15(23)20-8-1-3-9(22)4-2-8/h5-9,22H,1-4H2,(H,20,23). The minimum atomic E-state index is -0.532. The second-order valence-electron chi connectivity index (χ2n) is 6.05. The first-order valence-electron chi connectivity index (χ1n) is 8.09. The third-order valence-corrected chi connectivity index (χ3v) is 7.39. The van der Waals surface area contributed by atoms with Gasteiger partial charge in [0, 0.05) is 24.5 Å². The lowest BCUT2D eigenvalue weighted by Gasteiger charge is -2.25. The van der Waals surface area contributed by atoms with Crippen molar-refractivity contribution < 1.29 is 14.8 Å². The van der Waals surface area contributed by atoms with Crippen LogP contribution in [0.15, 0.2) is 27.6 Å². The van der Waals surface area contributed by atoms with Crippen molar-refractivity contribution in [3.63, 3.8) is 0 Å². The second-order valence-corrected chi connectivity index (χ2v) is 9.20. The van der Waals surface area contributed by atoms with Crippen molar-refractivity contribution in [1.29, 1.82) is 0 Å². The molecular weight excluding hydrogens is 433 g/mol. The van der Waals surface area contributed by atoms with E-state index < -0.39 is 4.92 Å². The van der Waals surface area contributed by atoms with Crippen LogP contribution in [0.2, 0.25) is 10.0 Å². The number of aromatic nitrogens is 1. The van der Waals surface area contributed by atoms with Crippen LogP contribution in [0, 0.1) is 10.1 Å². The SMILES string of the molecule is O=C(NC1CCC(O)CC1)c1cc([N+](=O)[O-])c(Sc2c(Cl)cncc2Cl)s1. The van der Waals surface area contributed by atoms with Crippen LogP contribution in [0.4, 0.5) is 5.69 Å². The maximum atomic E-state index is 12.5. The molecule has 0 aromatic carbocycles. The average Bonchev–Trinajstić information content (AvgIpc) is 3.05. The van der Waals surface area contributed by atoms with Crippen LogP contribution in [0.25, 0.3) is 0 Å². The Bertz CT molecular complexity index is 849. The Hall–Kier alpha value is -1.39. The molecule has 0 bridgehead atoms. The van der Waals surface area contributed by atoms with Gasteiger partial charge in [-0.05, 0) is 25.7 Å². The van der Waals surface area contributed by atoms with Gasteiger partial charge >= 0.3 is 0 Å². The van der Waals surface area contributed by atoms with E-state index in [0.717, 1.165) is 23.1 Å². The zero-order valence-electron chi connectivity index (χ0n) is 13.9. The molecule has 0 aliphatic heterocycles. The summed E-state index contributed by atoms with van der Waals surface area (Å²) in [5.74, 6) is -0.358. The number of aliphatic hydroxyl groups excluding tert-OH is 1. The smallest absolute Gasteiger partial charge is 0.294 e. The van der Waals surface area contributed by atoms with Crippen LogP contribution in [-0.4, -0.2) is 33.1 Å². The third kappa shape index (κ3) is 4.91. The van der Waals surface area contributed by atoms with Crippen molar-refractivity contribution in [3.05, 3.63) is 43.5 Å². The van der Waals surface area contributed by atoms with Gasteiger partial charge in [-0.3, -0.25) is 19.9 Å². The summed E-state index contributed by atoms with van der Waals surface area (Å²) in [5, 5.41) is 24.4. The number of carbonyl (C=O) groups is 1. The third-order valence-electron chi connectivity index (χ3n) is 4.14. The molecule has 11 heteroatoms. The summed E-state index contributed by atoms with van der Waals surface area (Å²) in [7, 11) is 0. The summed E-state index contributed by atoms with van der Waals surface area (Å²) in [5.41, 5.74) is -0.168. The molecule has 2 aromatic rings. The van der Waals surface area contributed by atoms with E-state index in [2.05, 4.69) is 10.3 Å². The summed E-state index contributed by atoms with van der Waals surface area (Å²) in [6.45, 7) is 0. The first kappa shape index (κ1) is 20.3. The van der Waals surface area contributed by atoms with E-state index in [4.69, 9.17) is 23.2 Å². The van der Waals surface area contributed by atoms with Crippen LogP contribution in [0.1, 0.15) is 35.4 Å². The van der Waals surface area contributed by atoms with Crippen molar-refractivity contribution in [2.24, 2.45) is 0 Å². The molecule has 2 heterocycles. The molecule has 1 fully saturated rings. The summed E-state index contributed by atoms with van der Waals surface area (Å²) in [4.78, 5) is 27.9. The summed E-state index contributed by atoms with van der Waals surface area (Å²) >= 11 is 14.2. The molecule has 0 saturated heterocycles. The van der Waals surface area contributed by atoms with E-state index in [1.165, 1.54) is 18.5 Å². The van der Waals surface area contributed by atoms with Crippen molar-refractivity contribution in [3.8, 4) is 0 Å². The van der Waals surface area contributed by atoms with Crippen LogP contribution in [-0.2, 0) is 0 Å². The molecule has 144 valence electrons. The Balaban J connectivity index is 1.81. The fraction of sp³-hybridized carbons (Fsp3) is 0.375. The number of pyridine rings is 1. The largest absolute Gasteiger partial charge is 0.393 e. The Kier molecular flexibility index (Phi) is 6.59. The van der Waals surface area contributed by atoms with Gasteiger partial charge in [-0.15, -0.1) is 11.3 Å². The van der Waals surface area contributed by atoms with Gasteiger partial charge < -0.3 is 10.4 Å². The number of aliphatic hydroxyl groups is 1. The van der Waals surface area contributed by atoms with Crippen LogP contribution < -0.4 is 5.32 Å². The molecule has 0 radical (unpaired) electrons. The van der Waals surface area contributed by atoms with E-state index in [9.17, 15) is 20.0 Å². The van der Waals surface area contributed by atoms with Gasteiger partial charge in [-0.2, -0.15) is 0 Å². The molecule has 2 N–H and O–H groups in total. The highest BCUT2D eigenvalue weighted by molar-refractivity contribution is 8.01. The summed E-state index contributed by atoms with van der Waals surface area (Å²) in [6.07, 6.45) is 5.12. The molecule has 1 aliphatic carbocycles. The summed E-state index contributed by atoms with van der Waals surface area (Å²) in [6, 6.07) is 1.23. The second kappa shape index (κ2) is 8.74. The Morgan fingerprint density at radius 3 is 2.52 bits per heavy atom. The summed E-state index contributed by atoms with van der Waals surface area (Å²) < 4.78 is 0.319. The molecule has 0 unspecified atom stereocenters. The lowest BCUT2D eigenvalue weighted by molar-refractivity contribution is -0.387. The van der Waals surface area contributed by atoms with Gasteiger partial charge in [-0.25, -0.2) is 0 Å². The monoisotopic (exact) mass is 447 g/mol. The van der Waals surface area contributed by atoms with E-state index >= 15 is 0 Å². The number of carbonyl (C=O) groups excluding carboxylic acids is 1. The Morgan fingerprint density at radius 1 is 1.30 bits per heavy atom. The number of hydrogen-bond donors (Lipinski definition) is 2. The van der Waals surface area contributed by atoms with E-state index in [0.29, 0.717) is 34.8 Å². The van der Waals surface area contributed by atoms with Gasteiger partial charge in [0.05, 0.1) is 26.0 Å². The van der Waals surface area contributed by atoms with Crippen LogP contribution >= 0.6 is 46.3 Å². The predicted octanol–water partition coefficient (Wildman–Crippen LogP) is 4.54. The normalized spacial score (nSPS) is 19.7. The Labute approximate surface area is 173 Å². The number of rotatable bonds is 5. The minimum absolute atomic E-state index is 0.0396. The van der Waals surface area contributed by atoms with Gasteiger partial charge in [0.15, 0.2) is 0 Å². The topological polar surface area (TPSA) is 105 Å². The quantitative estimate of drug-likeness (QED) is 0.514. The highest BCUT2D eigenvalue weighted by Crippen LogP contribution is 2.45. The van der Waals surface area contributed by atoms with Crippen molar-refractivity contribution in [2.45, 2.75) is 46.9 Å². The minimum Gasteiger partial charge on any atom is -0.393 e. The van der Waals surface area contributed by atoms with E-state index in [-0.39, 0.29) is 38.7 Å². The molecule has 1 aliphatic rings. The van der Waals surface area contributed by atoms with Crippen LogP contribution in [0.5, 0.6) is 0 Å². The van der Waals surface area contributed by atoms with Gasteiger partial charge in [-0.1, -0.05) is 35.0 Å². The van der Waals surface area contributed by atoms with Gasteiger partial charge in [0.1, 0.15) is 9.09 Å². The number of halogens is 2. The zero-order chi connectivity index (χ0) is 19.6. The fourth-order valence-corrected chi connectivity index (χ4v) is 5.51. The zero-order valence-corrected chi connectivity index (χ0v) is 17.0. The number of nitrogens with one attached hydrogen (secondary N) is 1. The highest BCUT2D eigenvalue weighted by atomic mass is 35.5. The molecule has 3 rings (SSSR count). The molecule has 0 atom stereocenters. The van der Waals surface area contributed by atoms with Crippen LogP contribution in [0.3, 0.4) is 0 Å². The average molecular weight is 448 g/mol. The number of amides is 1. The molecule has 2 aromatic heterocycles. The van der Waals surface area contributed by atoms with Gasteiger partial charge in [0.25, 0.3) is 11.6 Å². The van der Waals surface area contributed by atoms with Crippen molar-refractivity contribution >= 4 is 57.9 Å². The number of thiophene rings is 1. The number of nitro groups is 1. The number of nitrogens with zero attached hydrogens (tertiary/aromatic N) is 2. The molecular formula is C16H15Cl2N3O4S2.